The monoisotopic (exact) mass is 604 g/mol. The minimum Gasteiger partial charge on any atom is -0.497 e. The standard InChI is InChI=1S/C29H28N6O5S2/c1-38-18-10-7-16(8-11-18)25-19(14-30)27(31)35(20-5-4-6-21(36)26(20)25)28-33-34-29(42-28)41-15-24(37)32-17-9-12-22(39-2)23(13-17)40-3/h7-13,25H,4-6,15,31H2,1-3H3,(H,32,37). The Kier molecular flexibility index (Phi) is 8.65. The average Bonchev–Trinajstić information content (AvgIpc) is 3.48. The lowest BCUT2D eigenvalue weighted by atomic mass is 9.76. The van der Waals surface area contributed by atoms with Crippen LogP contribution in [0.2, 0.25) is 0 Å². The fraction of sp³-hybridized carbons (Fsp3) is 0.276. The highest BCUT2D eigenvalue weighted by atomic mass is 32.2. The number of nitrogens with zero attached hydrogens (tertiary/aromatic N) is 4. The normalized spacial score (nSPS) is 16.6. The van der Waals surface area contributed by atoms with Gasteiger partial charge >= 0.3 is 0 Å². The lowest BCUT2D eigenvalue weighted by Gasteiger charge is -2.38. The number of ketones is 1. The lowest BCUT2D eigenvalue weighted by Crippen LogP contribution is -2.38. The van der Waals surface area contributed by atoms with Crippen molar-refractivity contribution in [2.75, 3.05) is 37.3 Å². The number of thioether (sulfide) groups is 1. The molecule has 42 heavy (non-hydrogen) atoms. The summed E-state index contributed by atoms with van der Waals surface area (Å²) in [5.74, 6) is 1.20. The Hall–Kier alpha value is -4.54. The maximum Gasteiger partial charge on any atom is 0.234 e. The number of aromatic nitrogens is 2. The van der Waals surface area contributed by atoms with E-state index in [9.17, 15) is 14.9 Å². The Labute approximate surface area is 251 Å². The molecule has 1 unspecified atom stereocenters. The van der Waals surface area contributed by atoms with Crippen LogP contribution in [0, 0.1) is 11.3 Å². The molecule has 0 radical (unpaired) electrons. The van der Waals surface area contributed by atoms with Crippen LogP contribution < -0.4 is 30.2 Å². The SMILES string of the molecule is COc1ccc(C2C(C#N)=C(N)N(c3nnc(SCC(=O)Nc4ccc(OC)c(OC)c4)s3)C3=C2C(=O)CCC3)cc1. The van der Waals surface area contributed by atoms with Crippen molar-refractivity contribution < 1.29 is 23.8 Å². The number of allylic oxidation sites excluding steroid dienone is 3. The highest BCUT2D eigenvalue weighted by Crippen LogP contribution is 2.47. The summed E-state index contributed by atoms with van der Waals surface area (Å²) < 4.78 is 16.3. The van der Waals surface area contributed by atoms with Gasteiger partial charge in [-0.1, -0.05) is 35.2 Å². The van der Waals surface area contributed by atoms with Crippen LogP contribution in [0.5, 0.6) is 17.2 Å². The van der Waals surface area contributed by atoms with Crippen molar-refractivity contribution in [2.45, 2.75) is 29.5 Å². The van der Waals surface area contributed by atoms with E-state index in [2.05, 4.69) is 21.6 Å². The van der Waals surface area contributed by atoms with Crippen molar-refractivity contribution in [2.24, 2.45) is 5.73 Å². The van der Waals surface area contributed by atoms with E-state index in [0.717, 1.165) is 11.3 Å². The third-order valence-corrected chi connectivity index (χ3v) is 8.99. The first kappa shape index (κ1) is 29.0. The molecule has 11 nitrogen and oxygen atoms in total. The van der Waals surface area contributed by atoms with Crippen LogP contribution in [0.15, 0.2) is 69.5 Å². The number of nitriles is 1. The van der Waals surface area contributed by atoms with Crippen molar-refractivity contribution in [1.82, 2.24) is 10.2 Å². The van der Waals surface area contributed by atoms with Gasteiger partial charge in [0, 0.05) is 29.4 Å². The van der Waals surface area contributed by atoms with Crippen LogP contribution in [0.1, 0.15) is 30.7 Å². The second-order valence-corrected chi connectivity index (χ2v) is 11.5. The van der Waals surface area contributed by atoms with Gasteiger partial charge in [-0.3, -0.25) is 14.5 Å². The zero-order chi connectivity index (χ0) is 29.8. The Bertz CT molecular complexity index is 1630. The average molecular weight is 605 g/mol. The number of Topliss-reactive ketones (excluding diaryl/α,β-unsaturated/α-hetero) is 1. The zero-order valence-electron chi connectivity index (χ0n) is 23.2. The van der Waals surface area contributed by atoms with Gasteiger partial charge in [0.05, 0.1) is 44.6 Å². The summed E-state index contributed by atoms with van der Waals surface area (Å²) in [6.07, 6.45) is 1.66. The highest BCUT2D eigenvalue weighted by molar-refractivity contribution is 8.01. The number of ether oxygens (including phenoxy) is 3. The van der Waals surface area contributed by atoms with Gasteiger partial charge in [0.15, 0.2) is 21.6 Å². The first-order valence-electron chi connectivity index (χ1n) is 13.0. The Morgan fingerprint density at radius 1 is 1.12 bits per heavy atom. The molecular formula is C29H28N6O5S2. The van der Waals surface area contributed by atoms with E-state index in [1.807, 2.05) is 12.1 Å². The van der Waals surface area contributed by atoms with Gasteiger partial charge in [-0.05, 0) is 42.7 Å². The van der Waals surface area contributed by atoms with Crippen LogP contribution in [0.3, 0.4) is 0 Å². The molecule has 1 amide bonds. The summed E-state index contributed by atoms with van der Waals surface area (Å²) in [6.45, 7) is 0. The topological polar surface area (TPSA) is 153 Å². The van der Waals surface area contributed by atoms with Crippen molar-refractivity contribution in [3.05, 3.63) is 70.7 Å². The fourth-order valence-electron chi connectivity index (χ4n) is 5.02. The third kappa shape index (κ3) is 5.63. The van der Waals surface area contributed by atoms with Crippen molar-refractivity contribution in [1.29, 1.82) is 5.26 Å². The van der Waals surface area contributed by atoms with E-state index >= 15 is 0 Å². The number of anilines is 2. The van der Waals surface area contributed by atoms with Crippen molar-refractivity contribution in [3.63, 3.8) is 0 Å². The van der Waals surface area contributed by atoms with Gasteiger partial charge < -0.3 is 25.3 Å². The van der Waals surface area contributed by atoms with Gasteiger partial charge in [-0.2, -0.15) is 5.26 Å². The number of amides is 1. The van der Waals surface area contributed by atoms with E-state index in [-0.39, 0.29) is 28.8 Å². The minimum atomic E-state index is -0.581. The van der Waals surface area contributed by atoms with Crippen LogP contribution in [0.25, 0.3) is 0 Å². The van der Waals surface area contributed by atoms with Gasteiger partial charge in [0.2, 0.25) is 11.0 Å². The molecule has 0 saturated carbocycles. The molecule has 3 N–H and O–H groups in total. The van der Waals surface area contributed by atoms with E-state index in [0.29, 0.717) is 57.2 Å². The molecular weight excluding hydrogens is 576 g/mol. The number of rotatable bonds is 9. The Morgan fingerprint density at radius 3 is 2.57 bits per heavy atom. The molecule has 1 aliphatic carbocycles. The molecule has 3 aromatic rings. The number of carbonyl (C=O) groups excluding carboxylic acids is 2. The van der Waals surface area contributed by atoms with E-state index < -0.39 is 5.92 Å². The van der Waals surface area contributed by atoms with Crippen LogP contribution in [-0.2, 0) is 9.59 Å². The van der Waals surface area contributed by atoms with Crippen LogP contribution in [-0.4, -0.2) is 49.0 Å². The molecule has 0 bridgehead atoms. The largest absolute Gasteiger partial charge is 0.497 e. The molecule has 5 rings (SSSR count). The lowest BCUT2D eigenvalue weighted by molar-refractivity contribution is -0.116. The smallest absolute Gasteiger partial charge is 0.234 e. The Morgan fingerprint density at radius 2 is 1.88 bits per heavy atom. The van der Waals surface area contributed by atoms with Crippen LogP contribution in [0.4, 0.5) is 10.8 Å². The Balaban J connectivity index is 1.38. The van der Waals surface area contributed by atoms with Gasteiger partial charge in [0.1, 0.15) is 11.6 Å². The molecule has 13 heteroatoms. The summed E-state index contributed by atoms with van der Waals surface area (Å²) in [7, 11) is 4.65. The number of nitrogens with two attached hydrogens (primary N) is 1. The van der Waals surface area contributed by atoms with Gasteiger partial charge in [-0.25, -0.2) is 0 Å². The van der Waals surface area contributed by atoms with Crippen molar-refractivity contribution in [3.8, 4) is 23.3 Å². The van der Waals surface area contributed by atoms with E-state index in [1.165, 1.54) is 30.2 Å². The maximum atomic E-state index is 13.3. The number of carbonyl (C=O) groups is 2. The molecule has 2 aromatic carbocycles. The molecule has 0 fully saturated rings. The number of nitrogens with one attached hydrogen (secondary N) is 1. The van der Waals surface area contributed by atoms with Gasteiger partial charge in [-0.15, -0.1) is 10.2 Å². The number of hydrogen-bond acceptors (Lipinski definition) is 12. The van der Waals surface area contributed by atoms with E-state index in [4.69, 9.17) is 19.9 Å². The predicted molar refractivity (Wildman–Crippen MR) is 160 cm³/mol. The number of hydrogen-bond donors (Lipinski definition) is 2. The molecule has 0 spiro atoms. The molecule has 2 aliphatic rings. The molecule has 2 heterocycles. The molecule has 1 aliphatic heterocycles. The molecule has 216 valence electrons. The quantitative estimate of drug-likeness (QED) is 0.330. The minimum absolute atomic E-state index is 0.0201. The fourth-order valence-corrected chi connectivity index (χ4v) is 6.70. The number of benzene rings is 2. The summed E-state index contributed by atoms with van der Waals surface area (Å²) in [5, 5.41) is 22.0. The first-order valence-corrected chi connectivity index (χ1v) is 14.8. The predicted octanol–water partition coefficient (Wildman–Crippen LogP) is 4.60. The van der Waals surface area contributed by atoms with Gasteiger partial charge in [0.25, 0.3) is 0 Å². The molecule has 0 saturated heterocycles. The van der Waals surface area contributed by atoms with Crippen molar-refractivity contribution >= 4 is 45.6 Å². The second kappa shape index (κ2) is 12.5. The summed E-state index contributed by atoms with van der Waals surface area (Å²) in [6, 6.07) is 14.7. The van der Waals surface area contributed by atoms with E-state index in [1.54, 1.807) is 49.5 Å². The number of methoxy groups -OCH3 is 3. The molecule has 1 aromatic heterocycles. The maximum absolute atomic E-state index is 13.3. The second-order valence-electron chi connectivity index (χ2n) is 9.35. The molecule has 1 atom stereocenters. The summed E-state index contributed by atoms with van der Waals surface area (Å²) in [4.78, 5) is 27.6. The summed E-state index contributed by atoms with van der Waals surface area (Å²) >= 11 is 2.46. The van der Waals surface area contributed by atoms with Crippen LogP contribution >= 0.6 is 23.1 Å². The third-order valence-electron chi connectivity index (χ3n) is 6.94. The summed E-state index contributed by atoms with van der Waals surface area (Å²) in [5.41, 5.74) is 9.53. The zero-order valence-corrected chi connectivity index (χ0v) is 24.8. The highest BCUT2D eigenvalue weighted by Gasteiger charge is 2.41. The first-order chi connectivity index (χ1) is 20.4.